The molecule has 0 fully saturated rings. The van der Waals surface area contributed by atoms with Crippen LogP contribution in [0.15, 0.2) is 48.5 Å². The summed E-state index contributed by atoms with van der Waals surface area (Å²) in [6.45, 7) is 4.88. The Kier molecular flexibility index (Phi) is 4.64. The number of nitrogens with one attached hydrogen (secondary N) is 1. The maximum atomic E-state index is 10.4. The van der Waals surface area contributed by atoms with Crippen molar-refractivity contribution >= 4 is 0 Å². The molecule has 0 amide bonds. The zero-order valence-electron chi connectivity index (χ0n) is 13.9. The number of fused-ring (bicyclic) bond motifs is 1. The van der Waals surface area contributed by atoms with Crippen LogP contribution in [0.1, 0.15) is 25.5 Å². The highest BCUT2D eigenvalue weighted by molar-refractivity contribution is 5.41. The molecule has 0 radical (unpaired) electrons. The molecule has 0 aliphatic carbocycles. The van der Waals surface area contributed by atoms with E-state index in [2.05, 4.69) is 5.32 Å². The normalized spacial score (nSPS) is 22.0. The van der Waals surface area contributed by atoms with Crippen molar-refractivity contribution in [1.82, 2.24) is 5.32 Å². The molecule has 1 aliphatic rings. The summed E-state index contributed by atoms with van der Waals surface area (Å²) >= 11 is 0. The largest absolute Gasteiger partial charge is 0.508 e. The number of aromatic hydroxyl groups is 1. The first kappa shape index (κ1) is 16.6. The van der Waals surface area contributed by atoms with Crippen LogP contribution in [0.3, 0.4) is 0 Å². The molecule has 5 heteroatoms. The van der Waals surface area contributed by atoms with Crippen molar-refractivity contribution in [3.05, 3.63) is 54.1 Å². The molecule has 3 rings (SSSR count). The Morgan fingerprint density at radius 2 is 1.79 bits per heavy atom. The van der Waals surface area contributed by atoms with Crippen molar-refractivity contribution in [1.29, 1.82) is 0 Å². The zero-order chi connectivity index (χ0) is 17.2. The number of para-hydroxylation sites is 2. The maximum absolute atomic E-state index is 10.4. The Labute approximate surface area is 141 Å². The van der Waals surface area contributed by atoms with E-state index in [1.165, 1.54) is 0 Å². The Morgan fingerprint density at radius 1 is 1.12 bits per heavy atom. The SMILES string of the molecule is CC(NCC1(C)COc2ccccc2O1)C(O)c1ccc(O)cc1. The van der Waals surface area contributed by atoms with E-state index < -0.39 is 11.7 Å². The summed E-state index contributed by atoms with van der Waals surface area (Å²) in [5.74, 6) is 1.68. The minimum Gasteiger partial charge on any atom is -0.508 e. The summed E-state index contributed by atoms with van der Waals surface area (Å²) in [4.78, 5) is 0. The van der Waals surface area contributed by atoms with Crippen LogP contribution in [-0.2, 0) is 0 Å². The molecular weight excluding hydrogens is 306 g/mol. The van der Waals surface area contributed by atoms with E-state index in [9.17, 15) is 10.2 Å². The summed E-state index contributed by atoms with van der Waals surface area (Å²) in [6, 6.07) is 14.0. The van der Waals surface area contributed by atoms with Gasteiger partial charge in [0.25, 0.3) is 0 Å². The molecule has 1 heterocycles. The molecule has 24 heavy (non-hydrogen) atoms. The molecule has 3 unspecified atom stereocenters. The number of hydrogen-bond acceptors (Lipinski definition) is 5. The van der Waals surface area contributed by atoms with Gasteiger partial charge in [-0.25, -0.2) is 0 Å². The maximum Gasteiger partial charge on any atom is 0.162 e. The number of phenols is 1. The molecular formula is C19H23NO4. The van der Waals surface area contributed by atoms with Gasteiger partial charge in [-0.05, 0) is 43.7 Å². The second kappa shape index (κ2) is 6.71. The molecule has 0 saturated carbocycles. The van der Waals surface area contributed by atoms with Gasteiger partial charge in [0.15, 0.2) is 17.1 Å². The lowest BCUT2D eigenvalue weighted by molar-refractivity contribution is 0.00116. The van der Waals surface area contributed by atoms with E-state index in [-0.39, 0.29) is 11.8 Å². The molecule has 3 atom stereocenters. The lowest BCUT2D eigenvalue weighted by Gasteiger charge is -2.36. The fourth-order valence-electron chi connectivity index (χ4n) is 2.71. The van der Waals surface area contributed by atoms with Gasteiger partial charge in [0.2, 0.25) is 0 Å². The van der Waals surface area contributed by atoms with E-state index in [4.69, 9.17) is 9.47 Å². The van der Waals surface area contributed by atoms with E-state index in [0.29, 0.717) is 13.2 Å². The van der Waals surface area contributed by atoms with E-state index in [1.807, 2.05) is 38.1 Å². The van der Waals surface area contributed by atoms with Crippen LogP contribution in [0, 0.1) is 0 Å². The van der Waals surface area contributed by atoms with E-state index in [1.54, 1.807) is 24.3 Å². The standard InChI is InChI=1S/C19H23NO4/c1-13(18(22)14-7-9-15(21)10-8-14)20-11-19(2)12-23-16-5-3-4-6-17(16)24-19/h3-10,13,18,20-22H,11-12H2,1-2H3. The van der Waals surface area contributed by atoms with Gasteiger partial charge in [0.1, 0.15) is 12.4 Å². The molecule has 128 valence electrons. The number of hydrogen-bond donors (Lipinski definition) is 3. The predicted molar refractivity (Wildman–Crippen MR) is 91.5 cm³/mol. The first-order valence-electron chi connectivity index (χ1n) is 8.08. The number of benzene rings is 2. The lowest BCUT2D eigenvalue weighted by Crippen LogP contribution is -2.52. The number of phenolic OH excluding ortho intramolecular Hbond substituents is 1. The smallest absolute Gasteiger partial charge is 0.162 e. The fraction of sp³-hybridized carbons (Fsp3) is 0.368. The van der Waals surface area contributed by atoms with Crippen LogP contribution >= 0.6 is 0 Å². The van der Waals surface area contributed by atoms with Crippen LogP contribution < -0.4 is 14.8 Å². The molecule has 0 spiro atoms. The highest BCUT2D eigenvalue weighted by Crippen LogP contribution is 2.34. The van der Waals surface area contributed by atoms with Crippen molar-refractivity contribution in [2.75, 3.05) is 13.2 Å². The number of aliphatic hydroxyl groups is 1. The van der Waals surface area contributed by atoms with Gasteiger partial charge in [0, 0.05) is 12.6 Å². The van der Waals surface area contributed by atoms with Crippen LogP contribution in [0.4, 0.5) is 0 Å². The lowest BCUT2D eigenvalue weighted by atomic mass is 10.0. The van der Waals surface area contributed by atoms with Crippen molar-refractivity contribution in [3.8, 4) is 17.2 Å². The van der Waals surface area contributed by atoms with Crippen LogP contribution in [0.5, 0.6) is 17.2 Å². The van der Waals surface area contributed by atoms with Crippen molar-refractivity contribution < 1.29 is 19.7 Å². The molecule has 3 N–H and O–H groups in total. The monoisotopic (exact) mass is 329 g/mol. The topological polar surface area (TPSA) is 71.0 Å². The minimum atomic E-state index is -0.675. The summed E-state index contributed by atoms with van der Waals surface area (Å²) in [5.41, 5.74) is 0.251. The van der Waals surface area contributed by atoms with Gasteiger partial charge in [0.05, 0.1) is 6.10 Å². The Hall–Kier alpha value is -2.24. The highest BCUT2D eigenvalue weighted by atomic mass is 16.6. The fourth-order valence-corrected chi connectivity index (χ4v) is 2.71. The second-order valence-electron chi connectivity index (χ2n) is 6.49. The molecule has 0 bridgehead atoms. The van der Waals surface area contributed by atoms with Gasteiger partial charge < -0.3 is 25.0 Å². The van der Waals surface area contributed by atoms with Crippen LogP contribution in [0.25, 0.3) is 0 Å². The summed E-state index contributed by atoms with van der Waals surface area (Å²) in [6.07, 6.45) is -0.675. The molecule has 2 aromatic carbocycles. The van der Waals surface area contributed by atoms with Gasteiger partial charge in [-0.1, -0.05) is 24.3 Å². The third kappa shape index (κ3) is 3.63. The minimum absolute atomic E-state index is 0.174. The third-order valence-electron chi connectivity index (χ3n) is 4.24. The highest BCUT2D eigenvalue weighted by Gasteiger charge is 2.33. The predicted octanol–water partition coefficient (Wildman–Crippen LogP) is 2.63. The zero-order valence-corrected chi connectivity index (χ0v) is 13.9. The van der Waals surface area contributed by atoms with Crippen molar-refractivity contribution in [3.63, 3.8) is 0 Å². The number of ether oxygens (including phenoxy) is 2. The third-order valence-corrected chi connectivity index (χ3v) is 4.24. The Morgan fingerprint density at radius 3 is 2.50 bits per heavy atom. The second-order valence-corrected chi connectivity index (χ2v) is 6.49. The molecule has 0 aromatic heterocycles. The van der Waals surface area contributed by atoms with Gasteiger partial charge in [-0.15, -0.1) is 0 Å². The van der Waals surface area contributed by atoms with Gasteiger partial charge >= 0.3 is 0 Å². The molecule has 0 saturated heterocycles. The summed E-state index contributed by atoms with van der Waals surface area (Å²) in [5, 5.41) is 23.1. The molecule has 1 aliphatic heterocycles. The van der Waals surface area contributed by atoms with Gasteiger partial charge in [-0.3, -0.25) is 0 Å². The number of aliphatic hydroxyl groups excluding tert-OH is 1. The quantitative estimate of drug-likeness (QED) is 0.787. The van der Waals surface area contributed by atoms with E-state index in [0.717, 1.165) is 17.1 Å². The van der Waals surface area contributed by atoms with Crippen molar-refractivity contribution in [2.24, 2.45) is 0 Å². The van der Waals surface area contributed by atoms with Crippen LogP contribution in [-0.4, -0.2) is 35.0 Å². The van der Waals surface area contributed by atoms with Gasteiger partial charge in [-0.2, -0.15) is 0 Å². The summed E-state index contributed by atoms with van der Waals surface area (Å²) in [7, 11) is 0. The van der Waals surface area contributed by atoms with E-state index >= 15 is 0 Å². The average molecular weight is 329 g/mol. The summed E-state index contributed by atoms with van der Waals surface area (Å²) < 4.78 is 11.8. The first-order valence-corrected chi connectivity index (χ1v) is 8.08. The Bertz CT molecular complexity index is 688. The van der Waals surface area contributed by atoms with Crippen LogP contribution in [0.2, 0.25) is 0 Å². The Balaban J connectivity index is 1.59. The molecule has 2 aromatic rings. The van der Waals surface area contributed by atoms with Crippen molar-refractivity contribution in [2.45, 2.75) is 31.6 Å². The molecule has 5 nitrogen and oxygen atoms in total. The number of rotatable bonds is 5. The average Bonchev–Trinajstić information content (AvgIpc) is 2.59. The first-order chi connectivity index (χ1) is 11.5.